The third-order valence-corrected chi connectivity index (χ3v) is 4.94. The summed E-state index contributed by atoms with van der Waals surface area (Å²) < 4.78 is 28.9. The number of aromatic nitrogens is 2. The molecule has 0 unspecified atom stereocenters. The van der Waals surface area contributed by atoms with Crippen molar-refractivity contribution in [1.29, 1.82) is 0 Å². The van der Waals surface area contributed by atoms with Crippen LogP contribution in [0.2, 0.25) is 0 Å². The van der Waals surface area contributed by atoms with Gasteiger partial charge >= 0.3 is 0 Å². The Morgan fingerprint density at radius 3 is 2.62 bits per heavy atom. The lowest BCUT2D eigenvalue weighted by molar-refractivity contribution is 0.363. The molecule has 0 saturated heterocycles. The van der Waals surface area contributed by atoms with Crippen LogP contribution in [0.1, 0.15) is 39.4 Å². The fourth-order valence-electron chi connectivity index (χ4n) is 2.19. The minimum atomic E-state index is -3.54. The Kier molecular flexibility index (Phi) is 6.83. The first-order chi connectivity index (χ1) is 9.82. The fraction of sp³-hybridized carbons (Fsp3) is 0.786. The maximum Gasteiger partial charge on any atom is 0.262 e. The van der Waals surface area contributed by atoms with Crippen molar-refractivity contribution in [2.75, 3.05) is 19.6 Å². The van der Waals surface area contributed by atoms with E-state index in [1.807, 2.05) is 25.3 Å². The minimum absolute atomic E-state index is 0.145. The maximum atomic E-state index is 12.8. The third-order valence-electron chi connectivity index (χ3n) is 3.20. The molecule has 1 aromatic rings. The van der Waals surface area contributed by atoms with Crippen molar-refractivity contribution in [3.8, 4) is 0 Å². The molecule has 1 heterocycles. The molecule has 122 valence electrons. The van der Waals surface area contributed by atoms with Crippen molar-refractivity contribution >= 4 is 10.0 Å². The van der Waals surface area contributed by atoms with Crippen LogP contribution in [0, 0.1) is 12.8 Å². The van der Waals surface area contributed by atoms with E-state index < -0.39 is 10.0 Å². The van der Waals surface area contributed by atoms with Crippen molar-refractivity contribution in [2.24, 2.45) is 11.7 Å². The first kappa shape index (κ1) is 18.1. The molecule has 0 aromatic carbocycles. The topological polar surface area (TPSA) is 81.2 Å². The molecule has 21 heavy (non-hydrogen) atoms. The lowest BCUT2D eigenvalue weighted by atomic mass is 10.2. The van der Waals surface area contributed by atoms with Gasteiger partial charge in [0, 0.05) is 25.8 Å². The summed E-state index contributed by atoms with van der Waals surface area (Å²) in [5.74, 6) is 0.995. The van der Waals surface area contributed by atoms with E-state index in [0.29, 0.717) is 26.1 Å². The van der Waals surface area contributed by atoms with Gasteiger partial charge in [-0.25, -0.2) is 13.4 Å². The molecule has 0 radical (unpaired) electrons. The highest BCUT2D eigenvalue weighted by Crippen LogP contribution is 2.17. The van der Waals surface area contributed by atoms with E-state index >= 15 is 0 Å². The van der Waals surface area contributed by atoms with Gasteiger partial charge in [0.1, 0.15) is 5.82 Å². The zero-order valence-electron chi connectivity index (χ0n) is 13.5. The second-order valence-electron chi connectivity index (χ2n) is 5.72. The van der Waals surface area contributed by atoms with Gasteiger partial charge in [0.25, 0.3) is 10.0 Å². The lowest BCUT2D eigenvalue weighted by Crippen LogP contribution is -2.36. The zero-order valence-corrected chi connectivity index (χ0v) is 14.4. The van der Waals surface area contributed by atoms with Gasteiger partial charge in [-0.2, -0.15) is 4.31 Å². The van der Waals surface area contributed by atoms with Crippen molar-refractivity contribution in [1.82, 2.24) is 13.9 Å². The molecule has 0 atom stereocenters. The van der Waals surface area contributed by atoms with Gasteiger partial charge in [0.2, 0.25) is 0 Å². The summed E-state index contributed by atoms with van der Waals surface area (Å²) in [5.41, 5.74) is 5.52. The summed E-state index contributed by atoms with van der Waals surface area (Å²) in [4.78, 5) is 4.24. The zero-order chi connectivity index (χ0) is 16.0. The van der Waals surface area contributed by atoms with Crippen LogP contribution in [-0.2, 0) is 16.6 Å². The smallest absolute Gasteiger partial charge is 0.262 e. The second-order valence-corrected chi connectivity index (χ2v) is 7.60. The maximum absolute atomic E-state index is 12.8. The highest BCUT2D eigenvalue weighted by Gasteiger charge is 2.27. The molecule has 0 amide bonds. The summed E-state index contributed by atoms with van der Waals surface area (Å²) in [6.07, 6.45) is 3.24. The molecule has 0 aliphatic rings. The molecule has 0 fully saturated rings. The molecule has 0 aliphatic carbocycles. The van der Waals surface area contributed by atoms with Crippen molar-refractivity contribution in [3.05, 3.63) is 12.0 Å². The first-order valence-electron chi connectivity index (χ1n) is 7.56. The van der Waals surface area contributed by atoms with E-state index in [-0.39, 0.29) is 10.9 Å². The van der Waals surface area contributed by atoms with Crippen LogP contribution in [0.15, 0.2) is 11.2 Å². The minimum Gasteiger partial charge on any atom is -0.334 e. The first-order valence-corrected chi connectivity index (χ1v) is 9.00. The van der Waals surface area contributed by atoms with E-state index in [1.54, 1.807) is 6.20 Å². The number of rotatable bonds is 9. The Morgan fingerprint density at radius 2 is 2.10 bits per heavy atom. The molecule has 6 nitrogen and oxygen atoms in total. The Bertz CT molecular complexity index is 537. The van der Waals surface area contributed by atoms with Gasteiger partial charge in [-0.05, 0) is 32.2 Å². The van der Waals surface area contributed by atoms with E-state index in [4.69, 9.17) is 5.73 Å². The van der Waals surface area contributed by atoms with Crippen LogP contribution in [0.25, 0.3) is 0 Å². The number of hydrogen-bond donors (Lipinski definition) is 1. The van der Waals surface area contributed by atoms with Crippen molar-refractivity contribution < 1.29 is 8.42 Å². The van der Waals surface area contributed by atoms with Crippen LogP contribution < -0.4 is 5.73 Å². The summed E-state index contributed by atoms with van der Waals surface area (Å²) in [6, 6.07) is 0. The van der Waals surface area contributed by atoms with E-state index in [0.717, 1.165) is 18.8 Å². The molecular formula is C14H28N4O2S. The molecule has 0 bridgehead atoms. The standard InChI is InChI=1S/C14H28N4O2S/c1-5-8-17-11-14(16-13(17)4)21(19,20)18(9-6-7-15)10-12(2)3/h11-12H,5-10,15H2,1-4H3. The van der Waals surface area contributed by atoms with Crippen LogP contribution in [0.5, 0.6) is 0 Å². The number of sulfonamides is 1. The van der Waals surface area contributed by atoms with Crippen LogP contribution in [0.3, 0.4) is 0 Å². The molecule has 0 spiro atoms. The van der Waals surface area contributed by atoms with Gasteiger partial charge < -0.3 is 10.3 Å². The number of nitrogens with two attached hydrogens (primary N) is 1. The Balaban J connectivity index is 3.06. The summed E-state index contributed by atoms with van der Waals surface area (Å²) >= 11 is 0. The average molecular weight is 316 g/mol. The number of nitrogens with zero attached hydrogens (tertiary/aromatic N) is 3. The number of hydrogen-bond acceptors (Lipinski definition) is 4. The summed E-state index contributed by atoms with van der Waals surface area (Å²) in [6.45, 7) is 10.1. The predicted octanol–water partition coefficient (Wildman–Crippen LogP) is 1.60. The normalized spacial score (nSPS) is 12.5. The molecular weight excluding hydrogens is 288 g/mol. The van der Waals surface area contributed by atoms with Crippen LogP contribution in [-0.4, -0.2) is 41.9 Å². The average Bonchev–Trinajstić information content (AvgIpc) is 2.77. The van der Waals surface area contributed by atoms with Gasteiger partial charge in [-0.3, -0.25) is 0 Å². The summed E-state index contributed by atoms with van der Waals surface area (Å²) in [5, 5.41) is 0.145. The van der Waals surface area contributed by atoms with Crippen LogP contribution in [0.4, 0.5) is 0 Å². The largest absolute Gasteiger partial charge is 0.334 e. The SMILES string of the molecule is CCCn1cc(S(=O)(=O)N(CCCN)CC(C)C)nc1C. The predicted molar refractivity (Wildman–Crippen MR) is 84.5 cm³/mol. The number of imidazole rings is 1. The van der Waals surface area contributed by atoms with Crippen molar-refractivity contribution in [3.63, 3.8) is 0 Å². The molecule has 0 aliphatic heterocycles. The Morgan fingerprint density at radius 1 is 1.43 bits per heavy atom. The third kappa shape index (κ3) is 4.79. The number of aryl methyl sites for hydroxylation is 2. The van der Waals surface area contributed by atoms with Crippen molar-refractivity contribution in [2.45, 2.75) is 52.1 Å². The molecule has 2 N–H and O–H groups in total. The quantitative estimate of drug-likeness (QED) is 0.750. The van der Waals surface area contributed by atoms with E-state index in [1.165, 1.54) is 4.31 Å². The molecule has 1 rings (SSSR count). The van der Waals surface area contributed by atoms with E-state index in [9.17, 15) is 8.42 Å². The van der Waals surface area contributed by atoms with E-state index in [2.05, 4.69) is 11.9 Å². The lowest BCUT2D eigenvalue weighted by Gasteiger charge is -2.22. The van der Waals surface area contributed by atoms with Crippen LogP contribution >= 0.6 is 0 Å². The second kappa shape index (κ2) is 7.91. The summed E-state index contributed by atoms with van der Waals surface area (Å²) in [7, 11) is -3.54. The van der Waals surface area contributed by atoms with Gasteiger partial charge in [0.15, 0.2) is 5.03 Å². The Hall–Kier alpha value is -0.920. The molecule has 7 heteroatoms. The van der Waals surface area contributed by atoms with Gasteiger partial charge in [0.05, 0.1) is 0 Å². The van der Waals surface area contributed by atoms with Gasteiger partial charge in [-0.15, -0.1) is 0 Å². The highest BCUT2D eigenvalue weighted by molar-refractivity contribution is 7.89. The molecule has 1 aromatic heterocycles. The van der Waals surface area contributed by atoms with Gasteiger partial charge in [-0.1, -0.05) is 20.8 Å². The Labute approximate surface area is 128 Å². The highest BCUT2D eigenvalue weighted by atomic mass is 32.2. The molecule has 0 saturated carbocycles. The monoisotopic (exact) mass is 316 g/mol. The fourth-order valence-corrected chi connectivity index (χ4v) is 3.82.